The number of methoxy groups -OCH3 is 2. The van der Waals surface area contributed by atoms with E-state index < -0.39 is 0 Å². The second-order valence-corrected chi connectivity index (χ2v) is 6.09. The van der Waals surface area contributed by atoms with Crippen molar-refractivity contribution in [3.05, 3.63) is 59.7 Å². The topological polar surface area (TPSA) is 134 Å². The number of ether oxygens (including phenoxy) is 2. The van der Waals surface area contributed by atoms with E-state index in [1.54, 1.807) is 36.4 Å². The SMILES string of the molecule is COc1cc(/C=C/C(=O)CC(=O)/C=C/c2ccc(O)c(OC)c2)ccc1O.OCCO. The van der Waals surface area contributed by atoms with Gasteiger partial charge in [-0.25, -0.2) is 0 Å². The molecule has 8 heteroatoms. The molecule has 0 radical (unpaired) electrons. The number of allylic oxidation sites excluding steroid dienone is 2. The number of hydrogen-bond donors (Lipinski definition) is 4. The van der Waals surface area contributed by atoms with Crippen LogP contribution in [0.5, 0.6) is 23.0 Å². The molecule has 2 aromatic rings. The molecule has 0 aromatic heterocycles. The van der Waals surface area contributed by atoms with E-state index in [1.165, 1.54) is 38.5 Å². The molecule has 0 unspecified atom stereocenters. The van der Waals surface area contributed by atoms with Crippen LogP contribution in [0.3, 0.4) is 0 Å². The lowest BCUT2D eigenvalue weighted by Crippen LogP contribution is -2.01. The van der Waals surface area contributed by atoms with Gasteiger partial charge in [0.05, 0.1) is 33.9 Å². The highest BCUT2D eigenvalue weighted by atomic mass is 16.5. The molecule has 0 spiro atoms. The fourth-order valence-corrected chi connectivity index (χ4v) is 2.26. The van der Waals surface area contributed by atoms with Crippen LogP contribution in [0.1, 0.15) is 17.5 Å². The first-order chi connectivity index (χ1) is 14.8. The standard InChI is InChI=1S/C21H20O6.C2H6O2/c1-26-20-11-14(5-9-18(20)24)3-7-16(22)13-17(23)8-4-15-6-10-19(25)21(12-15)27-2;3-1-2-4/h3-12,24-25H,13H2,1-2H3;3-4H,1-2H2/b7-3+,8-4+;. The molecule has 8 nitrogen and oxygen atoms in total. The van der Waals surface area contributed by atoms with Gasteiger partial charge in [0.2, 0.25) is 0 Å². The van der Waals surface area contributed by atoms with Crippen LogP contribution in [0.4, 0.5) is 0 Å². The minimum absolute atomic E-state index is 0.00662. The molecule has 166 valence electrons. The molecule has 2 rings (SSSR count). The van der Waals surface area contributed by atoms with Crippen LogP contribution < -0.4 is 9.47 Å². The van der Waals surface area contributed by atoms with Gasteiger partial charge in [-0.15, -0.1) is 0 Å². The fraction of sp³-hybridized carbons (Fsp3) is 0.217. The van der Waals surface area contributed by atoms with Crippen molar-refractivity contribution in [3.8, 4) is 23.0 Å². The quantitative estimate of drug-likeness (QED) is 0.352. The van der Waals surface area contributed by atoms with Gasteiger partial charge in [0, 0.05) is 0 Å². The van der Waals surface area contributed by atoms with Crippen LogP contribution in [-0.2, 0) is 9.59 Å². The van der Waals surface area contributed by atoms with Crippen molar-refractivity contribution in [1.82, 2.24) is 0 Å². The molecule has 0 bridgehead atoms. The minimum atomic E-state index is -0.347. The normalized spacial score (nSPS) is 10.6. The first-order valence-corrected chi connectivity index (χ1v) is 9.22. The highest BCUT2D eigenvalue weighted by molar-refractivity contribution is 6.10. The summed E-state index contributed by atoms with van der Waals surface area (Å²) in [5.41, 5.74) is 1.33. The summed E-state index contributed by atoms with van der Waals surface area (Å²) in [4.78, 5) is 23.9. The van der Waals surface area contributed by atoms with E-state index >= 15 is 0 Å². The zero-order chi connectivity index (χ0) is 23.2. The molecule has 0 saturated heterocycles. The minimum Gasteiger partial charge on any atom is -0.504 e. The summed E-state index contributed by atoms with van der Waals surface area (Å²) in [7, 11) is 2.87. The van der Waals surface area contributed by atoms with Gasteiger partial charge in [-0.2, -0.15) is 0 Å². The first kappa shape index (κ1) is 25.4. The van der Waals surface area contributed by atoms with Crippen molar-refractivity contribution < 1.29 is 39.5 Å². The molecule has 0 heterocycles. The molecule has 0 fully saturated rings. The Morgan fingerprint density at radius 1 is 0.774 bits per heavy atom. The molecule has 31 heavy (non-hydrogen) atoms. The molecule has 0 amide bonds. The van der Waals surface area contributed by atoms with Gasteiger partial charge in [-0.1, -0.05) is 24.3 Å². The zero-order valence-corrected chi connectivity index (χ0v) is 17.3. The first-order valence-electron chi connectivity index (χ1n) is 9.22. The van der Waals surface area contributed by atoms with Crippen LogP contribution in [0.2, 0.25) is 0 Å². The van der Waals surface area contributed by atoms with Gasteiger partial charge in [-0.05, 0) is 47.5 Å². The summed E-state index contributed by atoms with van der Waals surface area (Å²) in [5, 5.41) is 34.3. The van der Waals surface area contributed by atoms with Crippen molar-refractivity contribution in [2.24, 2.45) is 0 Å². The number of aliphatic hydroxyl groups is 2. The van der Waals surface area contributed by atoms with Crippen LogP contribution in [0.25, 0.3) is 12.2 Å². The summed E-state index contributed by atoms with van der Waals surface area (Å²) in [6.07, 6.45) is 5.44. The number of benzene rings is 2. The Hall–Kier alpha value is -3.62. The Kier molecular flexibility index (Phi) is 11.1. The van der Waals surface area contributed by atoms with E-state index in [2.05, 4.69) is 0 Å². The lowest BCUT2D eigenvalue weighted by Gasteiger charge is -2.03. The number of rotatable bonds is 9. The van der Waals surface area contributed by atoms with Gasteiger partial charge in [-0.3, -0.25) is 9.59 Å². The van der Waals surface area contributed by atoms with Gasteiger partial charge in [0.25, 0.3) is 0 Å². The average molecular weight is 430 g/mol. The number of carbonyl (C=O) groups is 2. The number of phenolic OH excluding ortho intramolecular Hbond substituents is 2. The largest absolute Gasteiger partial charge is 0.504 e. The smallest absolute Gasteiger partial charge is 0.163 e. The predicted molar refractivity (Wildman–Crippen MR) is 116 cm³/mol. The third kappa shape index (κ3) is 9.16. The predicted octanol–water partition coefficient (Wildman–Crippen LogP) is 2.34. The number of hydrogen-bond acceptors (Lipinski definition) is 8. The molecule has 0 aliphatic heterocycles. The molecule has 0 aliphatic carbocycles. The van der Waals surface area contributed by atoms with Crippen molar-refractivity contribution in [2.75, 3.05) is 27.4 Å². The maximum absolute atomic E-state index is 11.9. The van der Waals surface area contributed by atoms with E-state index in [9.17, 15) is 19.8 Å². The van der Waals surface area contributed by atoms with Gasteiger partial charge in [0.15, 0.2) is 34.6 Å². The monoisotopic (exact) mass is 430 g/mol. The Balaban J connectivity index is 0.00000110. The molecule has 0 aliphatic rings. The van der Waals surface area contributed by atoms with E-state index in [1.807, 2.05) is 0 Å². The molecular weight excluding hydrogens is 404 g/mol. The second-order valence-electron chi connectivity index (χ2n) is 6.09. The Morgan fingerprint density at radius 2 is 1.16 bits per heavy atom. The summed E-state index contributed by atoms with van der Waals surface area (Å²) >= 11 is 0. The number of aliphatic hydroxyl groups excluding tert-OH is 2. The van der Waals surface area contributed by atoms with E-state index in [0.717, 1.165) is 0 Å². The van der Waals surface area contributed by atoms with Crippen molar-refractivity contribution in [1.29, 1.82) is 0 Å². The Morgan fingerprint density at radius 3 is 1.48 bits per heavy atom. The molecule has 2 aromatic carbocycles. The van der Waals surface area contributed by atoms with Crippen molar-refractivity contribution >= 4 is 23.7 Å². The third-order valence-electron chi connectivity index (χ3n) is 3.78. The fourth-order valence-electron chi connectivity index (χ4n) is 2.26. The summed E-state index contributed by atoms with van der Waals surface area (Å²) in [5.74, 6) is -0.0832. The van der Waals surface area contributed by atoms with E-state index in [-0.39, 0.29) is 42.7 Å². The number of phenols is 2. The van der Waals surface area contributed by atoms with Crippen LogP contribution in [0, 0.1) is 0 Å². The van der Waals surface area contributed by atoms with E-state index in [0.29, 0.717) is 22.6 Å². The summed E-state index contributed by atoms with van der Waals surface area (Å²) in [6.45, 7) is -0.250. The maximum atomic E-state index is 11.9. The maximum Gasteiger partial charge on any atom is 0.163 e. The number of carbonyl (C=O) groups excluding carboxylic acids is 2. The molecule has 0 saturated carbocycles. The van der Waals surface area contributed by atoms with Gasteiger partial charge in [0.1, 0.15) is 0 Å². The molecule has 4 N–H and O–H groups in total. The molecular formula is C23H26O8. The second kappa shape index (κ2) is 13.6. The number of ketones is 2. The Bertz CT molecular complexity index is 856. The zero-order valence-electron chi connectivity index (χ0n) is 17.3. The highest BCUT2D eigenvalue weighted by Gasteiger charge is 2.06. The van der Waals surface area contributed by atoms with Gasteiger partial charge < -0.3 is 29.9 Å². The highest BCUT2D eigenvalue weighted by Crippen LogP contribution is 2.27. The van der Waals surface area contributed by atoms with E-state index in [4.69, 9.17) is 19.7 Å². The average Bonchev–Trinajstić information content (AvgIpc) is 2.78. The lowest BCUT2D eigenvalue weighted by atomic mass is 10.1. The van der Waals surface area contributed by atoms with Crippen molar-refractivity contribution in [3.63, 3.8) is 0 Å². The lowest BCUT2D eigenvalue weighted by molar-refractivity contribution is -0.121. The summed E-state index contributed by atoms with van der Waals surface area (Å²) < 4.78 is 10.00. The number of aromatic hydroxyl groups is 2. The van der Waals surface area contributed by atoms with Crippen LogP contribution in [0.15, 0.2) is 48.6 Å². The Labute approximate surface area is 180 Å². The summed E-state index contributed by atoms with van der Waals surface area (Å²) in [6, 6.07) is 9.34. The molecule has 0 atom stereocenters. The van der Waals surface area contributed by atoms with Crippen LogP contribution >= 0.6 is 0 Å². The van der Waals surface area contributed by atoms with Crippen molar-refractivity contribution in [2.45, 2.75) is 6.42 Å². The van der Waals surface area contributed by atoms with Gasteiger partial charge >= 0.3 is 0 Å². The van der Waals surface area contributed by atoms with Crippen LogP contribution in [-0.4, -0.2) is 59.4 Å². The third-order valence-corrected chi connectivity index (χ3v) is 3.78.